The van der Waals surface area contributed by atoms with Crippen LogP contribution in [0, 0.1) is 11.8 Å². The van der Waals surface area contributed by atoms with Crippen LogP contribution < -0.4 is 5.73 Å². The fourth-order valence-corrected chi connectivity index (χ4v) is 3.35. The van der Waals surface area contributed by atoms with Gasteiger partial charge in [0.1, 0.15) is 5.92 Å². The maximum absolute atomic E-state index is 12.0. The lowest BCUT2D eigenvalue weighted by molar-refractivity contribution is -0.131. The van der Waals surface area contributed by atoms with Crippen LogP contribution in [-0.2, 0) is 9.59 Å². The Morgan fingerprint density at radius 1 is 1.35 bits per heavy atom. The van der Waals surface area contributed by atoms with E-state index in [1.54, 1.807) is 6.08 Å². The quantitative estimate of drug-likeness (QED) is 0.695. The minimum Gasteiger partial charge on any atom is -0.369 e. The van der Waals surface area contributed by atoms with Crippen LogP contribution in [0.4, 0.5) is 0 Å². The van der Waals surface area contributed by atoms with E-state index in [0.717, 1.165) is 31.3 Å². The van der Waals surface area contributed by atoms with Gasteiger partial charge in [-0.15, -0.1) is 0 Å². The monoisotopic (exact) mass is 229 g/mol. The van der Waals surface area contributed by atoms with Crippen molar-refractivity contribution in [1.29, 1.82) is 0 Å². The van der Waals surface area contributed by atoms with Crippen LogP contribution in [0.2, 0.25) is 0 Å². The van der Waals surface area contributed by atoms with Gasteiger partial charge < -0.3 is 5.73 Å². The van der Waals surface area contributed by atoms with E-state index in [1.807, 2.05) is 6.08 Å². The molecule has 88 valence electrons. The number of carbonyl (C=O) groups is 2. The van der Waals surface area contributed by atoms with Crippen LogP contribution in [-0.4, -0.2) is 11.7 Å². The molecule has 0 fully saturated rings. The summed E-state index contributed by atoms with van der Waals surface area (Å²) < 4.78 is 0. The molecule has 3 heteroatoms. The number of nitrogens with two attached hydrogens (primary N) is 1. The van der Waals surface area contributed by atoms with Gasteiger partial charge in [0.05, 0.1) is 0 Å². The van der Waals surface area contributed by atoms with Gasteiger partial charge in [-0.05, 0) is 42.9 Å². The molecule has 3 aliphatic carbocycles. The lowest BCUT2D eigenvalue weighted by atomic mass is 9.75. The van der Waals surface area contributed by atoms with E-state index >= 15 is 0 Å². The highest BCUT2D eigenvalue weighted by molar-refractivity contribution is 6.09. The lowest BCUT2D eigenvalue weighted by Crippen LogP contribution is -2.38. The largest absolute Gasteiger partial charge is 0.369 e. The Kier molecular flexibility index (Phi) is 2.28. The van der Waals surface area contributed by atoms with Gasteiger partial charge in [-0.2, -0.15) is 0 Å². The van der Waals surface area contributed by atoms with Gasteiger partial charge >= 0.3 is 0 Å². The van der Waals surface area contributed by atoms with Gasteiger partial charge in [0.2, 0.25) is 5.91 Å². The third-order valence-corrected chi connectivity index (χ3v) is 4.04. The van der Waals surface area contributed by atoms with Gasteiger partial charge in [0, 0.05) is 5.92 Å². The minimum atomic E-state index is -0.627. The standard InChI is InChI=1S/C14H15NO2/c15-14(17)13-10-6-5-8-3-1-2-4-9(12(8)10)7-11(13)16/h2,4,7,10,13H,1,3,5-6H2,(H2,15,17). The summed E-state index contributed by atoms with van der Waals surface area (Å²) in [5.41, 5.74) is 9.05. The van der Waals surface area contributed by atoms with Crippen molar-refractivity contribution in [2.75, 3.05) is 0 Å². The predicted molar refractivity (Wildman–Crippen MR) is 63.9 cm³/mol. The molecule has 2 N–H and O–H groups in total. The van der Waals surface area contributed by atoms with Crippen molar-refractivity contribution >= 4 is 11.7 Å². The summed E-state index contributed by atoms with van der Waals surface area (Å²) in [6.07, 6.45) is 9.73. The Bertz CT molecular complexity index is 496. The summed E-state index contributed by atoms with van der Waals surface area (Å²) in [5.74, 6) is -1.18. The van der Waals surface area contributed by atoms with E-state index in [2.05, 4.69) is 6.08 Å². The van der Waals surface area contributed by atoms with E-state index in [1.165, 1.54) is 11.1 Å². The summed E-state index contributed by atoms with van der Waals surface area (Å²) in [6, 6.07) is 0. The van der Waals surface area contributed by atoms with Crippen LogP contribution >= 0.6 is 0 Å². The normalized spacial score (nSPS) is 31.1. The molecule has 0 saturated heterocycles. The Morgan fingerprint density at radius 3 is 2.94 bits per heavy atom. The maximum Gasteiger partial charge on any atom is 0.228 e. The fraction of sp³-hybridized carbons (Fsp3) is 0.429. The first-order valence-electron chi connectivity index (χ1n) is 6.12. The average Bonchev–Trinajstić information content (AvgIpc) is 2.56. The van der Waals surface area contributed by atoms with E-state index in [4.69, 9.17) is 5.73 Å². The fourth-order valence-electron chi connectivity index (χ4n) is 3.35. The Morgan fingerprint density at radius 2 is 2.18 bits per heavy atom. The molecule has 3 nitrogen and oxygen atoms in total. The molecule has 0 aromatic heterocycles. The van der Waals surface area contributed by atoms with Gasteiger partial charge in [0.15, 0.2) is 5.78 Å². The third kappa shape index (κ3) is 1.49. The highest BCUT2D eigenvalue weighted by Crippen LogP contribution is 2.46. The zero-order valence-electron chi connectivity index (χ0n) is 9.61. The third-order valence-electron chi connectivity index (χ3n) is 4.04. The van der Waals surface area contributed by atoms with Gasteiger partial charge in [-0.1, -0.05) is 17.7 Å². The molecule has 0 heterocycles. The summed E-state index contributed by atoms with van der Waals surface area (Å²) in [4.78, 5) is 23.4. The molecule has 0 aromatic rings. The molecular formula is C14H15NO2. The van der Waals surface area contributed by atoms with E-state index < -0.39 is 11.8 Å². The topological polar surface area (TPSA) is 60.2 Å². The molecule has 3 rings (SSSR count). The molecule has 17 heavy (non-hydrogen) atoms. The smallest absolute Gasteiger partial charge is 0.228 e. The highest BCUT2D eigenvalue weighted by Gasteiger charge is 2.42. The Balaban J connectivity index is 2.14. The second-order valence-electron chi connectivity index (χ2n) is 4.99. The van der Waals surface area contributed by atoms with Crippen molar-refractivity contribution in [3.8, 4) is 0 Å². The number of ketones is 1. The number of rotatable bonds is 1. The molecule has 0 spiro atoms. The highest BCUT2D eigenvalue weighted by atomic mass is 16.2. The molecule has 0 radical (unpaired) electrons. The second kappa shape index (κ2) is 3.69. The van der Waals surface area contributed by atoms with Crippen molar-refractivity contribution in [3.05, 3.63) is 34.9 Å². The summed E-state index contributed by atoms with van der Waals surface area (Å²) in [6.45, 7) is 0. The second-order valence-corrected chi connectivity index (χ2v) is 4.99. The van der Waals surface area contributed by atoms with Crippen molar-refractivity contribution in [1.82, 2.24) is 0 Å². The van der Waals surface area contributed by atoms with Crippen LogP contribution in [0.3, 0.4) is 0 Å². The number of primary amides is 1. The Hall–Kier alpha value is -1.64. The van der Waals surface area contributed by atoms with Crippen molar-refractivity contribution < 1.29 is 9.59 Å². The molecule has 0 bridgehead atoms. The molecule has 2 unspecified atom stereocenters. The Labute approximate surface area is 100 Å². The number of hydrogen-bond acceptors (Lipinski definition) is 2. The van der Waals surface area contributed by atoms with E-state index in [-0.39, 0.29) is 11.7 Å². The number of amides is 1. The molecule has 3 aliphatic rings. The first-order valence-corrected chi connectivity index (χ1v) is 6.12. The molecule has 2 atom stereocenters. The number of allylic oxidation sites excluding steroid dienone is 6. The van der Waals surface area contributed by atoms with Gasteiger partial charge in [-0.25, -0.2) is 0 Å². The SMILES string of the molecule is NC(=O)C1C(=O)C=C2C=CCCC3=C2C1CC3. The molecule has 1 amide bonds. The summed E-state index contributed by atoms with van der Waals surface area (Å²) >= 11 is 0. The van der Waals surface area contributed by atoms with Crippen LogP contribution in [0.15, 0.2) is 34.9 Å². The van der Waals surface area contributed by atoms with Crippen LogP contribution in [0.5, 0.6) is 0 Å². The zero-order valence-corrected chi connectivity index (χ0v) is 9.61. The van der Waals surface area contributed by atoms with Crippen molar-refractivity contribution in [3.63, 3.8) is 0 Å². The lowest BCUT2D eigenvalue weighted by Gasteiger charge is -2.26. The summed E-state index contributed by atoms with van der Waals surface area (Å²) in [5, 5.41) is 0. The predicted octanol–water partition coefficient (Wildman–Crippen LogP) is 1.65. The number of hydrogen-bond donors (Lipinski definition) is 1. The first kappa shape index (κ1) is 10.5. The molecule has 0 saturated carbocycles. The van der Waals surface area contributed by atoms with Crippen LogP contribution in [0.25, 0.3) is 0 Å². The average molecular weight is 229 g/mol. The van der Waals surface area contributed by atoms with Crippen molar-refractivity contribution in [2.45, 2.75) is 25.7 Å². The maximum atomic E-state index is 12.0. The summed E-state index contributed by atoms with van der Waals surface area (Å²) in [7, 11) is 0. The zero-order chi connectivity index (χ0) is 12.0. The molecule has 0 aliphatic heterocycles. The van der Waals surface area contributed by atoms with Crippen molar-refractivity contribution in [2.24, 2.45) is 17.6 Å². The van der Waals surface area contributed by atoms with Gasteiger partial charge in [0.25, 0.3) is 0 Å². The van der Waals surface area contributed by atoms with E-state index in [0.29, 0.717) is 0 Å². The molecular weight excluding hydrogens is 214 g/mol. The molecule has 0 aromatic carbocycles. The van der Waals surface area contributed by atoms with Gasteiger partial charge in [-0.3, -0.25) is 9.59 Å². The minimum absolute atomic E-state index is 0.0396. The first-order chi connectivity index (χ1) is 8.18. The van der Waals surface area contributed by atoms with E-state index in [9.17, 15) is 9.59 Å². The number of carbonyl (C=O) groups excluding carboxylic acids is 2. The van der Waals surface area contributed by atoms with Crippen LogP contribution in [0.1, 0.15) is 25.7 Å².